The van der Waals surface area contributed by atoms with E-state index in [0.717, 1.165) is 24.2 Å². The van der Waals surface area contributed by atoms with E-state index in [4.69, 9.17) is 9.47 Å². The standard InChI is InChI=1S/C22H23N5O4/c1-22(2)10-13-8-16(26-21(29)15-11-24-27-7-3-6-23-20(15)27)18(9-17(13)31-22)30-12-14-4-5-19(28)25-14/h3,6-9,11,14H,4-5,10,12H2,1-2H3,(H,25,28)(H,26,29)/t14-/m0/s1. The van der Waals surface area contributed by atoms with Crippen LogP contribution in [0.4, 0.5) is 5.69 Å². The molecule has 1 saturated heterocycles. The average Bonchev–Trinajstić information content (AvgIpc) is 3.41. The van der Waals surface area contributed by atoms with Gasteiger partial charge in [-0.3, -0.25) is 9.59 Å². The number of hydrogen-bond acceptors (Lipinski definition) is 6. The number of aromatic nitrogens is 3. The minimum atomic E-state index is -0.328. The Labute approximate surface area is 178 Å². The van der Waals surface area contributed by atoms with Gasteiger partial charge in [0, 0.05) is 36.9 Å². The Kier molecular flexibility index (Phi) is 4.53. The molecule has 31 heavy (non-hydrogen) atoms. The van der Waals surface area contributed by atoms with Crippen molar-refractivity contribution in [1.82, 2.24) is 19.9 Å². The molecule has 0 unspecified atom stereocenters. The summed E-state index contributed by atoms with van der Waals surface area (Å²) in [7, 11) is 0. The van der Waals surface area contributed by atoms with Gasteiger partial charge in [0.2, 0.25) is 5.91 Å². The summed E-state index contributed by atoms with van der Waals surface area (Å²) in [6.45, 7) is 4.35. The predicted octanol–water partition coefficient (Wildman–Crippen LogP) is 2.35. The molecule has 2 N–H and O–H groups in total. The topological polar surface area (TPSA) is 107 Å². The van der Waals surface area contributed by atoms with Gasteiger partial charge in [0.25, 0.3) is 5.91 Å². The third kappa shape index (κ3) is 3.78. The molecule has 9 nitrogen and oxygen atoms in total. The summed E-state index contributed by atoms with van der Waals surface area (Å²) in [4.78, 5) is 28.8. The van der Waals surface area contributed by atoms with E-state index >= 15 is 0 Å². The van der Waals surface area contributed by atoms with Crippen LogP contribution in [0.1, 0.15) is 42.6 Å². The number of carbonyl (C=O) groups excluding carboxylic acids is 2. The van der Waals surface area contributed by atoms with E-state index in [1.54, 1.807) is 23.0 Å². The first-order valence-electron chi connectivity index (χ1n) is 10.3. The van der Waals surface area contributed by atoms with Crippen LogP contribution in [0, 0.1) is 0 Å². The zero-order valence-electron chi connectivity index (χ0n) is 17.3. The van der Waals surface area contributed by atoms with Crippen molar-refractivity contribution in [3.05, 3.63) is 47.9 Å². The highest BCUT2D eigenvalue weighted by atomic mass is 16.5. The van der Waals surface area contributed by atoms with Crippen LogP contribution in [0.15, 0.2) is 36.8 Å². The zero-order valence-corrected chi connectivity index (χ0v) is 17.3. The number of ether oxygens (including phenoxy) is 2. The Morgan fingerprint density at radius 3 is 3.10 bits per heavy atom. The first kappa shape index (κ1) is 19.3. The molecule has 3 aromatic rings. The normalized spacial score (nSPS) is 19.0. The minimum Gasteiger partial charge on any atom is -0.489 e. The van der Waals surface area contributed by atoms with Crippen LogP contribution in [0.5, 0.6) is 11.5 Å². The van der Waals surface area contributed by atoms with Crippen molar-refractivity contribution < 1.29 is 19.1 Å². The lowest BCUT2D eigenvalue weighted by Crippen LogP contribution is -2.31. The van der Waals surface area contributed by atoms with Crippen LogP contribution in [0.2, 0.25) is 0 Å². The maximum absolute atomic E-state index is 13.0. The van der Waals surface area contributed by atoms with E-state index in [1.165, 1.54) is 6.20 Å². The maximum atomic E-state index is 13.0. The molecule has 9 heteroatoms. The zero-order chi connectivity index (χ0) is 21.6. The molecule has 0 radical (unpaired) electrons. The molecule has 2 aliphatic heterocycles. The van der Waals surface area contributed by atoms with Gasteiger partial charge in [0.1, 0.15) is 29.3 Å². The lowest BCUT2D eigenvalue weighted by atomic mass is 10.0. The van der Waals surface area contributed by atoms with Crippen molar-refractivity contribution in [2.75, 3.05) is 11.9 Å². The van der Waals surface area contributed by atoms with Gasteiger partial charge < -0.3 is 20.1 Å². The summed E-state index contributed by atoms with van der Waals surface area (Å²) in [5.74, 6) is 0.939. The molecule has 5 rings (SSSR count). The molecule has 0 bridgehead atoms. The summed E-state index contributed by atoms with van der Waals surface area (Å²) < 4.78 is 13.6. The van der Waals surface area contributed by atoms with Crippen molar-refractivity contribution in [1.29, 1.82) is 0 Å². The second-order valence-electron chi connectivity index (χ2n) is 8.51. The lowest BCUT2D eigenvalue weighted by molar-refractivity contribution is -0.119. The van der Waals surface area contributed by atoms with Crippen LogP contribution in [-0.4, -0.2) is 44.7 Å². The molecular formula is C22H23N5O4. The quantitative estimate of drug-likeness (QED) is 0.655. The number of benzene rings is 1. The maximum Gasteiger partial charge on any atom is 0.261 e. The monoisotopic (exact) mass is 421 g/mol. The summed E-state index contributed by atoms with van der Waals surface area (Å²) in [6, 6.07) is 5.40. The highest BCUT2D eigenvalue weighted by Crippen LogP contribution is 2.41. The van der Waals surface area contributed by atoms with Gasteiger partial charge in [0.05, 0.1) is 17.9 Å². The Morgan fingerprint density at radius 2 is 2.29 bits per heavy atom. The van der Waals surface area contributed by atoms with E-state index in [0.29, 0.717) is 35.7 Å². The van der Waals surface area contributed by atoms with Gasteiger partial charge in [-0.1, -0.05) is 0 Å². The number of anilines is 1. The highest BCUT2D eigenvalue weighted by molar-refractivity contribution is 6.08. The summed E-state index contributed by atoms with van der Waals surface area (Å²) in [6.07, 6.45) is 6.80. The first-order chi connectivity index (χ1) is 14.9. The Hall–Kier alpha value is -3.62. The highest BCUT2D eigenvalue weighted by Gasteiger charge is 2.32. The van der Waals surface area contributed by atoms with Gasteiger partial charge >= 0.3 is 0 Å². The molecule has 160 valence electrons. The van der Waals surface area contributed by atoms with Gasteiger partial charge in [-0.2, -0.15) is 5.10 Å². The summed E-state index contributed by atoms with van der Waals surface area (Å²) >= 11 is 0. The van der Waals surface area contributed by atoms with E-state index in [-0.39, 0.29) is 23.5 Å². The van der Waals surface area contributed by atoms with Crippen molar-refractivity contribution in [3.63, 3.8) is 0 Å². The van der Waals surface area contributed by atoms with Crippen molar-refractivity contribution in [2.24, 2.45) is 0 Å². The molecule has 0 aliphatic carbocycles. The molecule has 0 saturated carbocycles. The van der Waals surface area contributed by atoms with Gasteiger partial charge in [0.15, 0.2) is 5.65 Å². The molecule has 4 heterocycles. The minimum absolute atomic E-state index is 0.0294. The molecule has 2 aromatic heterocycles. The molecular weight excluding hydrogens is 398 g/mol. The third-order valence-electron chi connectivity index (χ3n) is 5.46. The van der Waals surface area contributed by atoms with E-state index in [1.807, 2.05) is 26.0 Å². The van der Waals surface area contributed by atoms with Crippen molar-refractivity contribution in [3.8, 4) is 11.5 Å². The fourth-order valence-corrected chi connectivity index (χ4v) is 4.02. The van der Waals surface area contributed by atoms with Gasteiger partial charge in [-0.05, 0) is 32.4 Å². The fraction of sp³-hybridized carbons (Fsp3) is 0.364. The van der Waals surface area contributed by atoms with Crippen molar-refractivity contribution >= 4 is 23.1 Å². The van der Waals surface area contributed by atoms with Crippen LogP contribution in [0.25, 0.3) is 5.65 Å². The van der Waals surface area contributed by atoms with Gasteiger partial charge in [-0.25, -0.2) is 9.50 Å². The Morgan fingerprint density at radius 1 is 1.42 bits per heavy atom. The Bertz CT molecular complexity index is 1190. The van der Waals surface area contributed by atoms with Crippen LogP contribution in [-0.2, 0) is 11.2 Å². The largest absolute Gasteiger partial charge is 0.489 e. The van der Waals surface area contributed by atoms with Gasteiger partial charge in [-0.15, -0.1) is 0 Å². The number of rotatable bonds is 5. The van der Waals surface area contributed by atoms with Crippen LogP contribution in [0.3, 0.4) is 0 Å². The average molecular weight is 421 g/mol. The number of nitrogens with one attached hydrogen (secondary N) is 2. The molecule has 0 spiro atoms. The van der Waals surface area contributed by atoms with Crippen molar-refractivity contribution in [2.45, 2.75) is 44.8 Å². The number of fused-ring (bicyclic) bond motifs is 2. The molecule has 1 fully saturated rings. The number of carbonyl (C=O) groups is 2. The third-order valence-corrected chi connectivity index (χ3v) is 5.46. The smallest absolute Gasteiger partial charge is 0.261 e. The van der Waals surface area contributed by atoms with Crippen LogP contribution < -0.4 is 20.1 Å². The summed E-state index contributed by atoms with van der Waals surface area (Å²) in [5.41, 5.74) is 2.06. The Balaban J connectivity index is 1.43. The molecule has 1 aromatic carbocycles. The van der Waals surface area contributed by atoms with Crippen LogP contribution >= 0.6 is 0 Å². The number of amides is 2. The van der Waals surface area contributed by atoms with E-state index in [2.05, 4.69) is 20.7 Å². The van der Waals surface area contributed by atoms with E-state index < -0.39 is 0 Å². The molecule has 2 aliphatic rings. The SMILES string of the molecule is CC1(C)Cc2cc(NC(=O)c3cnn4cccnc34)c(OC[C@@H]3CCC(=O)N3)cc2O1. The van der Waals surface area contributed by atoms with E-state index in [9.17, 15) is 9.59 Å². The summed E-state index contributed by atoms with van der Waals surface area (Å²) in [5, 5.41) is 10.0. The predicted molar refractivity (Wildman–Crippen MR) is 112 cm³/mol. The fourth-order valence-electron chi connectivity index (χ4n) is 4.02. The number of hydrogen-bond donors (Lipinski definition) is 2. The second kappa shape index (κ2) is 7.26. The molecule has 1 atom stereocenters. The molecule has 2 amide bonds. The second-order valence-corrected chi connectivity index (χ2v) is 8.51. The number of nitrogens with zero attached hydrogens (tertiary/aromatic N) is 3. The lowest BCUT2D eigenvalue weighted by Gasteiger charge is -2.18. The first-order valence-corrected chi connectivity index (χ1v) is 10.3.